The molecule has 3 aromatic rings. The standard InChI is InChI=1S/C14H11NS/c1-2-7-13(8-3-1)16-14-10-9-12-6-4-5-11-15(12)14/h1-11H. The molecular weight excluding hydrogens is 214 g/mol. The van der Waals surface area contributed by atoms with Gasteiger partial charge in [0.15, 0.2) is 0 Å². The Kier molecular flexibility index (Phi) is 2.43. The van der Waals surface area contributed by atoms with E-state index in [2.05, 4.69) is 65.2 Å². The molecule has 0 aliphatic carbocycles. The van der Waals surface area contributed by atoms with Gasteiger partial charge in [-0.3, -0.25) is 0 Å². The van der Waals surface area contributed by atoms with Gasteiger partial charge in [0.05, 0.1) is 5.03 Å². The van der Waals surface area contributed by atoms with Crippen LogP contribution in [0.2, 0.25) is 0 Å². The summed E-state index contributed by atoms with van der Waals surface area (Å²) in [7, 11) is 0. The molecule has 0 fully saturated rings. The minimum Gasteiger partial charge on any atom is -0.311 e. The molecule has 0 saturated heterocycles. The van der Waals surface area contributed by atoms with E-state index in [0.717, 1.165) is 0 Å². The van der Waals surface area contributed by atoms with E-state index in [1.165, 1.54) is 15.4 Å². The van der Waals surface area contributed by atoms with Crippen LogP contribution in [0.15, 0.2) is 76.8 Å². The van der Waals surface area contributed by atoms with Crippen molar-refractivity contribution in [3.8, 4) is 0 Å². The van der Waals surface area contributed by atoms with E-state index in [0.29, 0.717) is 0 Å². The van der Waals surface area contributed by atoms with Crippen LogP contribution in [0.1, 0.15) is 0 Å². The summed E-state index contributed by atoms with van der Waals surface area (Å²) in [4.78, 5) is 1.27. The van der Waals surface area contributed by atoms with Crippen LogP contribution in [-0.2, 0) is 0 Å². The fourth-order valence-electron chi connectivity index (χ4n) is 1.72. The first-order chi connectivity index (χ1) is 7.93. The topological polar surface area (TPSA) is 4.41 Å². The zero-order valence-electron chi connectivity index (χ0n) is 8.71. The number of aromatic nitrogens is 1. The molecule has 1 aromatic carbocycles. The van der Waals surface area contributed by atoms with Gasteiger partial charge >= 0.3 is 0 Å². The number of nitrogens with zero attached hydrogens (tertiary/aromatic N) is 1. The molecule has 0 aliphatic heterocycles. The third-order valence-electron chi connectivity index (χ3n) is 2.49. The molecule has 3 rings (SSSR count). The van der Waals surface area contributed by atoms with Crippen molar-refractivity contribution in [2.24, 2.45) is 0 Å². The minimum atomic E-state index is 1.24. The molecule has 1 nitrogen and oxygen atoms in total. The quantitative estimate of drug-likeness (QED) is 0.635. The summed E-state index contributed by atoms with van der Waals surface area (Å²) in [5.74, 6) is 0. The van der Waals surface area contributed by atoms with Crippen molar-refractivity contribution in [1.29, 1.82) is 0 Å². The molecule has 0 radical (unpaired) electrons. The molecule has 0 amide bonds. The molecule has 0 unspecified atom stereocenters. The molecule has 0 N–H and O–H groups in total. The first kappa shape index (κ1) is 9.55. The molecule has 0 saturated carbocycles. The first-order valence-electron chi connectivity index (χ1n) is 5.22. The van der Waals surface area contributed by atoms with Crippen LogP contribution < -0.4 is 0 Å². The van der Waals surface area contributed by atoms with Gasteiger partial charge in [-0.05, 0) is 36.4 Å². The SMILES string of the molecule is c1ccc(Sc2ccc3ccccn23)cc1. The summed E-state index contributed by atoms with van der Waals surface area (Å²) in [5.41, 5.74) is 1.24. The summed E-state index contributed by atoms with van der Waals surface area (Å²) >= 11 is 1.79. The van der Waals surface area contributed by atoms with Crippen molar-refractivity contribution in [2.75, 3.05) is 0 Å². The molecule has 78 valence electrons. The Hall–Kier alpha value is -1.67. The van der Waals surface area contributed by atoms with E-state index in [4.69, 9.17) is 0 Å². The second-order valence-corrected chi connectivity index (χ2v) is 4.68. The third-order valence-corrected chi connectivity index (χ3v) is 3.54. The lowest BCUT2D eigenvalue weighted by molar-refractivity contribution is 1.05. The lowest BCUT2D eigenvalue weighted by Crippen LogP contribution is -1.83. The van der Waals surface area contributed by atoms with Crippen LogP contribution in [0.5, 0.6) is 0 Å². The van der Waals surface area contributed by atoms with Gasteiger partial charge in [0.1, 0.15) is 0 Å². The number of fused-ring (bicyclic) bond motifs is 1. The van der Waals surface area contributed by atoms with E-state index >= 15 is 0 Å². The molecule has 0 atom stereocenters. The van der Waals surface area contributed by atoms with Gasteiger partial charge in [-0.2, -0.15) is 0 Å². The molecule has 0 aliphatic rings. The summed E-state index contributed by atoms with van der Waals surface area (Å²) in [6.07, 6.45) is 2.10. The summed E-state index contributed by atoms with van der Waals surface area (Å²) < 4.78 is 2.21. The molecule has 0 bridgehead atoms. The summed E-state index contributed by atoms with van der Waals surface area (Å²) in [6.45, 7) is 0. The van der Waals surface area contributed by atoms with Crippen LogP contribution >= 0.6 is 11.8 Å². The number of pyridine rings is 1. The van der Waals surface area contributed by atoms with Gasteiger partial charge in [-0.25, -0.2) is 0 Å². The van der Waals surface area contributed by atoms with Crippen molar-refractivity contribution in [3.63, 3.8) is 0 Å². The predicted octanol–water partition coefficient (Wildman–Crippen LogP) is 4.09. The molecule has 16 heavy (non-hydrogen) atoms. The fraction of sp³-hybridized carbons (Fsp3) is 0. The van der Waals surface area contributed by atoms with Crippen LogP contribution in [-0.4, -0.2) is 4.40 Å². The number of benzene rings is 1. The van der Waals surface area contributed by atoms with Crippen molar-refractivity contribution in [3.05, 3.63) is 66.9 Å². The Morgan fingerprint density at radius 2 is 1.56 bits per heavy atom. The number of hydrogen-bond acceptors (Lipinski definition) is 1. The summed E-state index contributed by atoms with van der Waals surface area (Å²) in [6, 6.07) is 21.0. The van der Waals surface area contributed by atoms with E-state index in [-0.39, 0.29) is 0 Å². The van der Waals surface area contributed by atoms with Crippen LogP contribution in [0.25, 0.3) is 5.52 Å². The number of hydrogen-bond donors (Lipinski definition) is 0. The van der Waals surface area contributed by atoms with E-state index in [9.17, 15) is 0 Å². The molecule has 2 heterocycles. The monoisotopic (exact) mass is 225 g/mol. The molecule has 2 aromatic heterocycles. The Balaban J connectivity index is 2.01. The van der Waals surface area contributed by atoms with Crippen molar-refractivity contribution in [1.82, 2.24) is 4.40 Å². The van der Waals surface area contributed by atoms with Crippen LogP contribution in [0, 0.1) is 0 Å². The van der Waals surface area contributed by atoms with Crippen molar-refractivity contribution in [2.45, 2.75) is 9.92 Å². The highest BCUT2D eigenvalue weighted by Crippen LogP contribution is 2.28. The van der Waals surface area contributed by atoms with Crippen molar-refractivity contribution < 1.29 is 0 Å². The highest BCUT2D eigenvalue weighted by molar-refractivity contribution is 7.99. The number of rotatable bonds is 2. The lowest BCUT2D eigenvalue weighted by atomic mass is 10.4. The minimum absolute atomic E-state index is 1.24. The van der Waals surface area contributed by atoms with Crippen LogP contribution in [0.3, 0.4) is 0 Å². The largest absolute Gasteiger partial charge is 0.311 e. The Morgan fingerprint density at radius 3 is 2.44 bits per heavy atom. The normalized spacial score (nSPS) is 10.8. The maximum atomic E-state index is 2.21. The fourth-order valence-corrected chi connectivity index (χ4v) is 2.66. The first-order valence-corrected chi connectivity index (χ1v) is 6.04. The van der Waals surface area contributed by atoms with Gasteiger partial charge in [0, 0.05) is 16.6 Å². The smallest absolute Gasteiger partial charge is 0.0842 e. The Bertz CT molecular complexity index is 598. The zero-order valence-corrected chi connectivity index (χ0v) is 9.52. The van der Waals surface area contributed by atoms with E-state index in [1.54, 1.807) is 11.8 Å². The predicted molar refractivity (Wildman–Crippen MR) is 68.0 cm³/mol. The van der Waals surface area contributed by atoms with Gasteiger partial charge in [-0.1, -0.05) is 36.0 Å². The van der Waals surface area contributed by atoms with Gasteiger partial charge in [0.2, 0.25) is 0 Å². The average Bonchev–Trinajstić information content (AvgIpc) is 2.74. The maximum Gasteiger partial charge on any atom is 0.0842 e. The summed E-state index contributed by atoms with van der Waals surface area (Å²) in [5, 5.41) is 1.25. The van der Waals surface area contributed by atoms with Gasteiger partial charge in [-0.15, -0.1) is 0 Å². The molecule has 0 spiro atoms. The maximum absolute atomic E-state index is 2.21. The second kappa shape index (κ2) is 4.06. The van der Waals surface area contributed by atoms with Crippen molar-refractivity contribution >= 4 is 17.3 Å². The Morgan fingerprint density at radius 1 is 0.750 bits per heavy atom. The van der Waals surface area contributed by atoms with Crippen LogP contribution in [0.4, 0.5) is 0 Å². The lowest BCUT2D eigenvalue weighted by Gasteiger charge is -2.02. The van der Waals surface area contributed by atoms with E-state index < -0.39 is 0 Å². The van der Waals surface area contributed by atoms with E-state index in [1.807, 2.05) is 6.07 Å². The third kappa shape index (κ3) is 1.72. The molecular formula is C14H11NS. The Labute approximate surface area is 98.7 Å². The van der Waals surface area contributed by atoms with Gasteiger partial charge in [0.25, 0.3) is 0 Å². The van der Waals surface area contributed by atoms with Gasteiger partial charge < -0.3 is 4.40 Å². The molecule has 2 heteroatoms. The highest BCUT2D eigenvalue weighted by atomic mass is 32.2. The second-order valence-electron chi connectivity index (χ2n) is 3.58. The highest BCUT2D eigenvalue weighted by Gasteiger charge is 2.01. The zero-order chi connectivity index (χ0) is 10.8. The average molecular weight is 225 g/mol.